The molecule has 0 aliphatic carbocycles. The van der Waals surface area contributed by atoms with Crippen LogP contribution in [-0.2, 0) is 16.1 Å². The van der Waals surface area contributed by atoms with E-state index in [0.717, 1.165) is 22.4 Å². The van der Waals surface area contributed by atoms with Crippen molar-refractivity contribution in [1.29, 1.82) is 0 Å². The molecule has 5 heteroatoms. The van der Waals surface area contributed by atoms with Gasteiger partial charge in [0.05, 0.1) is 0 Å². The number of amides is 2. The van der Waals surface area contributed by atoms with Crippen molar-refractivity contribution in [3.05, 3.63) is 59.4 Å². The number of anilines is 1. The summed E-state index contributed by atoms with van der Waals surface area (Å²) in [7, 11) is 0. The van der Waals surface area contributed by atoms with Gasteiger partial charge in [0.2, 0.25) is 11.8 Å². The minimum Gasteiger partial charge on any atom is -0.352 e. The van der Waals surface area contributed by atoms with E-state index >= 15 is 0 Å². The fourth-order valence-electron chi connectivity index (χ4n) is 2.56. The molecular weight excluding hydrogens is 302 g/mol. The molecule has 0 aliphatic rings. The maximum Gasteiger partial charge on any atom is 0.223 e. The molecule has 1 heterocycles. The van der Waals surface area contributed by atoms with Crippen molar-refractivity contribution in [3.63, 3.8) is 0 Å². The molecule has 24 heavy (non-hydrogen) atoms. The van der Waals surface area contributed by atoms with E-state index in [2.05, 4.69) is 10.3 Å². The van der Waals surface area contributed by atoms with Crippen LogP contribution in [0.25, 0.3) is 0 Å². The summed E-state index contributed by atoms with van der Waals surface area (Å²) in [5.41, 5.74) is 3.98. The SMILES string of the molecule is CC(=O)N(CCC(=O)NCc1cccnc1)c1ccc(C)cc1C. The van der Waals surface area contributed by atoms with Gasteiger partial charge in [-0.2, -0.15) is 0 Å². The second kappa shape index (κ2) is 8.24. The third-order valence-electron chi connectivity index (χ3n) is 3.80. The largest absolute Gasteiger partial charge is 0.352 e. The summed E-state index contributed by atoms with van der Waals surface area (Å²) in [6.45, 7) is 6.31. The molecule has 5 nitrogen and oxygen atoms in total. The van der Waals surface area contributed by atoms with E-state index in [0.29, 0.717) is 13.1 Å². The van der Waals surface area contributed by atoms with Crippen molar-refractivity contribution < 1.29 is 9.59 Å². The summed E-state index contributed by atoms with van der Waals surface area (Å²) in [6, 6.07) is 9.68. The normalized spacial score (nSPS) is 10.3. The molecular formula is C19H23N3O2. The Bertz CT molecular complexity index is 714. The van der Waals surface area contributed by atoms with Gasteiger partial charge in [0.1, 0.15) is 0 Å². The lowest BCUT2D eigenvalue weighted by Gasteiger charge is -2.23. The van der Waals surface area contributed by atoms with E-state index in [1.807, 2.05) is 44.2 Å². The molecule has 0 spiro atoms. The van der Waals surface area contributed by atoms with Crippen LogP contribution < -0.4 is 10.2 Å². The van der Waals surface area contributed by atoms with E-state index in [-0.39, 0.29) is 18.2 Å². The van der Waals surface area contributed by atoms with E-state index in [1.54, 1.807) is 17.3 Å². The standard InChI is InChI=1S/C19H23N3O2/c1-14-6-7-18(15(2)11-14)22(16(3)23)10-8-19(24)21-13-17-5-4-9-20-12-17/h4-7,9,11-12H,8,10,13H2,1-3H3,(H,21,24). The number of carbonyl (C=O) groups is 2. The molecule has 0 aliphatic heterocycles. The highest BCUT2D eigenvalue weighted by Crippen LogP contribution is 2.21. The van der Waals surface area contributed by atoms with Crippen LogP contribution >= 0.6 is 0 Å². The smallest absolute Gasteiger partial charge is 0.223 e. The lowest BCUT2D eigenvalue weighted by molar-refractivity contribution is -0.121. The van der Waals surface area contributed by atoms with Crippen LogP contribution in [0.3, 0.4) is 0 Å². The topological polar surface area (TPSA) is 62.3 Å². The summed E-state index contributed by atoms with van der Waals surface area (Å²) in [5.74, 6) is -0.156. The van der Waals surface area contributed by atoms with Crippen LogP contribution in [0.15, 0.2) is 42.7 Å². The first-order valence-corrected chi connectivity index (χ1v) is 7.98. The zero-order chi connectivity index (χ0) is 17.5. The molecule has 0 fully saturated rings. The zero-order valence-corrected chi connectivity index (χ0v) is 14.4. The summed E-state index contributed by atoms with van der Waals surface area (Å²) >= 11 is 0. The van der Waals surface area contributed by atoms with Gasteiger partial charge in [-0.25, -0.2) is 0 Å². The van der Waals surface area contributed by atoms with Gasteiger partial charge >= 0.3 is 0 Å². The second-order valence-corrected chi connectivity index (χ2v) is 5.85. The monoisotopic (exact) mass is 325 g/mol. The Morgan fingerprint density at radius 3 is 2.62 bits per heavy atom. The van der Waals surface area contributed by atoms with Crippen molar-refractivity contribution >= 4 is 17.5 Å². The molecule has 1 aromatic carbocycles. The number of aromatic nitrogens is 1. The average Bonchev–Trinajstić information content (AvgIpc) is 2.55. The molecule has 0 unspecified atom stereocenters. The molecule has 0 bridgehead atoms. The first-order valence-electron chi connectivity index (χ1n) is 7.98. The minimum atomic E-state index is -0.0881. The maximum atomic E-state index is 12.0. The highest BCUT2D eigenvalue weighted by molar-refractivity contribution is 5.93. The fourth-order valence-corrected chi connectivity index (χ4v) is 2.56. The van der Waals surface area contributed by atoms with Gasteiger partial charge < -0.3 is 10.2 Å². The Morgan fingerprint density at radius 1 is 1.21 bits per heavy atom. The van der Waals surface area contributed by atoms with Crippen molar-refractivity contribution in [2.24, 2.45) is 0 Å². The van der Waals surface area contributed by atoms with Gasteiger partial charge in [-0.15, -0.1) is 0 Å². The second-order valence-electron chi connectivity index (χ2n) is 5.85. The van der Waals surface area contributed by atoms with Crippen LogP contribution in [0.4, 0.5) is 5.69 Å². The van der Waals surface area contributed by atoms with Crippen molar-refractivity contribution in [1.82, 2.24) is 10.3 Å². The van der Waals surface area contributed by atoms with Gasteiger partial charge in [-0.3, -0.25) is 14.6 Å². The van der Waals surface area contributed by atoms with Gasteiger partial charge in [-0.05, 0) is 37.1 Å². The van der Waals surface area contributed by atoms with Crippen LogP contribution in [0.1, 0.15) is 30.0 Å². The van der Waals surface area contributed by atoms with Gasteiger partial charge in [-0.1, -0.05) is 23.8 Å². The van der Waals surface area contributed by atoms with Crippen LogP contribution in [-0.4, -0.2) is 23.3 Å². The molecule has 2 amide bonds. The molecule has 0 saturated carbocycles. The van der Waals surface area contributed by atoms with E-state index in [4.69, 9.17) is 0 Å². The molecule has 2 rings (SSSR count). The van der Waals surface area contributed by atoms with Crippen molar-refractivity contribution in [2.75, 3.05) is 11.4 Å². The molecule has 1 aromatic heterocycles. The van der Waals surface area contributed by atoms with Gasteiger partial charge in [0, 0.05) is 44.5 Å². The first-order chi connectivity index (χ1) is 11.5. The summed E-state index contributed by atoms with van der Waals surface area (Å²) in [6.07, 6.45) is 3.67. The Balaban J connectivity index is 1.94. The summed E-state index contributed by atoms with van der Waals surface area (Å²) < 4.78 is 0. The Hall–Kier alpha value is -2.69. The fraction of sp³-hybridized carbons (Fsp3) is 0.316. The lowest BCUT2D eigenvalue weighted by Crippen LogP contribution is -2.34. The number of pyridine rings is 1. The minimum absolute atomic E-state index is 0.0676. The highest BCUT2D eigenvalue weighted by atomic mass is 16.2. The number of nitrogens with one attached hydrogen (secondary N) is 1. The number of carbonyl (C=O) groups excluding carboxylic acids is 2. The molecule has 2 aromatic rings. The highest BCUT2D eigenvalue weighted by Gasteiger charge is 2.15. The van der Waals surface area contributed by atoms with Gasteiger partial charge in [0.15, 0.2) is 0 Å². The molecule has 0 radical (unpaired) electrons. The van der Waals surface area contributed by atoms with Crippen LogP contribution in [0.5, 0.6) is 0 Å². The van der Waals surface area contributed by atoms with E-state index < -0.39 is 0 Å². The summed E-state index contributed by atoms with van der Waals surface area (Å²) in [4.78, 5) is 29.7. The van der Waals surface area contributed by atoms with Crippen LogP contribution in [0.2, 0.25) is 0 Å². The lowest BCUT2D eigenvalue weighted by atomic mass is 10.1. The molecule has 0 atom stereocenters. The summed E-state index contributed by atoms with van der Waals surface area (Å²) in [5, 5.41) is 2.85. The molecule has 1 N–H and O–H groups in total. The average molecular weight is 325 g/mol. The number of hydrogen-bond acceptors (Lipinski definition) is 3. The number of hydrogen-bond donors (Lipinski definition) is 1. The Morgan fingerprint density at radius 2 is 2.00 bits per heavy atom. The molecule has 0 saturated heterocycles. The van der Waals surface area contributed by atoms with Crippen molar-refractivity contribution in [2.45, 2.75) is 33.7 Å². The quantitative estimate of drug-likeness (QED) is 0.888. The number of benzene rings is 1. The number of nitrogens with zero attached hydrogens (tertiary/aromatic N) is 2. The Labute approximate surface area is 142 Å². The first kappa shape index (κ1) is 17.7. The predicted octanol–water partition coefficient (Wildman–Crippen LogP) is 2.76. The Kier molecular flexibility index (Phi) is 6.07. The van der Waals surface area contributed by atoms with E-state index in [9.17, 15) is 9.59 Å². The number of aryl methyl sites for hydroxylation is 2. The third kappa shape index (κ3) is 4.91. The van der Waals surface area contributed by atoms with Crippen molar-refractivity contribution in [3.8, 4) is 0 Å². The molecule has 126 valence electrons. The van der Waals surface area contributed by atoms with Gasteiger partial charge in [0.25, 0.3) is 0 Å². The predicted molar refractivity (Wildman–Crippen MR) is 94.6 cm³/mol. The van der Waals surface area contributed by atoms with E-state index in [1.165, 1.54) is 6.92 Å². The maximum absolute atomic E-state index is 12.0. The number of rotatable bonds is 6. The zero-order valence-electron chi connectivity index (χ0n) is 14.4. The van der Waals surface area contributed by atoms with Crippen LogP contribution in [0, 0.1) is 13.8 Å². The third-order valence-corrected chi connectivity index (χ3v) is 3.80.